The summed E-state index contributed by atoms with van der Waals surface area (Å²) in [5.41, 5.74) is 1.35. The number of nitrogens with one attached hydrogen (secondary N) is 1. The Bertz CT molecular complexity index is 887. The highest BCUT2D eigenvalue weighted by Gasteiger charge is 2.11. The molecule has 0 unspecified atom stereocenters. The molecule has 0 aliphatic rings. The molecule has 23 heavy (non-hydrogen) atoms. The molecule has 1 aromatic heterocycles. The zero-order chi connectivity index (χ0) is 16.4. The third-order valence-corrected chi connectivity index (χ3v) is 4.42. The van der Waals surface area contributed by atoms with E-state index in [9.17, 15) is 9.18 Å². The molecular weight excluding hydrogens is 407 g/mol. The highest BCUT2D eigenvalue weighted by atomic mass is 79.9. The minimum atomic E-state index is -0.505. The summed E-state index contributed by atoms with van der Waals surface area (Å²) in [6.07, 6.45) is 0. The first-order chi connectivity index (χ1) is 11.0. The van der Waals surface area contributed by atoms with Gasteiger partial charge in [-0.1, -0.05) is 39.3 Å². The highest BCUT2D eigenvalue weighted by molar-refractivity contribution is 9.10. The molecule has 0 saturated heterocycles. The number of halogens is 3. The summed E-state index contributed by atoms with van der Waals surface area (Å²) in [5, 5.41) is 3.42. The van der Waals surface area contributed by atoms with E-state index in [1.165, 1.54) is 12.1 Å². The van der Waals surface area contributed by atoms with E-state index in [0.29, 0.717) is 25.8 Å². The van der Waals surface area contributed by atoms with Gasteiger partial charge in [0.2, 0.25) is 5.91 Å². The van der Waals surface area contributed by atoms with Gasteiger partial charge in [0.05, 0.1) is 11.4 Å². The monoisotopic (exact) mass is 414 g/mol. The molecule has 0 fully saturated rings. The topological polar surface area (TPSA) is 55.1 Å². The molecule has 8 heteroatoms. The largest absolute Gasteiger partial charge is 0.431 e. The lowest BCUT2D eigenvalue weighted by Crippen LogP contribution is -2.15. The summed E-state index contributed by atoms with van der Waals surface area (Å²) < 4.78 is 19.8. The van der Waals surface area contributed by atoms with E-state index in [2.05, 4.69) is 26.2 Å². The Morgan fingerprint density at radius 2 is 2.17 bits per heavy atom. The van der Waals surface area contributed by atoms with E-state index in [4.69, 9.17) is 16.0 Å². The normalized spacial score (nSPS) is 10.9. The predicted octanol–water partition coefficient (Wildman–Crippen LogP) is 5.11. The van der Waals surface area contributed by atoms with Crippen molar-refractivity contribution in [3.63, 3.8) is 0 Å². The van der Waals surface area contributed by atoms with Crippen LogP contribution in [0.1, 0.15) is 0 Å². The summed E-state index contributed by atoms with van der Waals surface area (Å²) >= 11 is 10.2. The summed E-state index contributed by atoms with van der Waals surface area (Å²) in [6, 6.07) is 9.52. The first kappa shape index (κ1) is 16.3. The zero-order valence-electron chi connectivity index (χ0n) is 11.5. The molecule has 3 aromatic rings. The Hall–Kier alpha value is -1.57. The minimum Gasteiger partial charge on any atom is -0.431 e. The Morgan fingerprint density at radius 3 is 2.96 bits per heavy atom. The van der Waals surface area contributed by atoms with Crippen LogP contribution in [0.5, 0.6) is 0 Å². The van der Waals surface area contributed by atoms with Crippen LogP contribution in [-0.4, -0.2) is 16.6 Å². The molecule has 3 rings (SSSR count). The fourth-order valence-corrected chi connectivity index (χ4v) is 2.98. The number of benzene rings is 2. The molecule has 0 aliphatic heterocycles. The second-order valence-corrected chi connectivity index (χ2v) is 6.83. The molecule has 0 bridgehead atoms. The summed E-state index contributed by atoms with van der Waals surface area (Å²) in [4.78, 5) is 16.1. The molecule has 0 saturated carbocycles. The molecule has 1 heterocycles. The number of thioether (sulfide) groups is 1. The molecule has 118 valence electrons. The van der Waals surface area contributed by atoms with Crippen molar-refractivity contribution in [1.82, 2.24) is 4.98 Å². The number of nitrogens with zero attached hydrogens (tertiary/aromatic N) is 1. The number of anilines is 1. The molecule has 0 aliphatic carbocycles. The first-order valence-electron chi connectivity index (χ1n) is 6.45. The molecule has 4 nitrogen and oxygen atoms in total. The molecule has 0 spiro atoms. The molecule has 0 radical (unpaired) electrons. The van der Waals surface area contributed by atoms with Gasteiger partial charge in [-0.25, -0.2) is 9.37 Å². The van der Waals surface area contributed by atoms with Gasteiger partial charge in [0.25, 0.3) is 5.22 Å². The van der Waals surface area contributed by atoms with E-state index < -0.39 is 5.82 Å². The third kappa shape index (κ3) is 4.04. The second kappa shape index (κ2) is 6.90. The van der Waals surface area contributed by atoms with Gasteiger partial charge in [-0.05, 0) is 36.4 Å². The van der Waals surface area contributed by atoms with E-state index in [0.717, 1.165) is 11.8 Å². The van der Waals surface area contributed by atoms with Gasteiger partial charge >= 0.3 is 0 Å². The van der Waals surface area contributed by atoms with Gasteiger partial charge in [-0.15, -0.1) is 0 Å². The molecule has 2 aromatic carbocycles. The number of fused-ring (bicyclic) bond motifs is 1. The number of oxazole rings is 1. The Kier molecular flexibility index (Phi) is 4.89. The standard InChI is InChI=1S/C15H9BrClFN2O2S/c16-8-1-3-11(10(18)5-8)19-14(21)7-23-15-20-12-6-9(17)2-4-13(12)22-15/h1-6H,7H2,(H,19,21). The molecule has 0 atom stereocenters. The molecule has 1 N–H and O–H groups in total. The van der Waals surface area contributed by atoms with Crippen molar-refractivity contribution >= 4 is 62.0 Å². The summed E-state index contributed by atoms with van der Waals surface area (Å²) in [7, 11) is 0. The average molecular weight is 416 g/mol. The van der Waals surface area contributed by atoms with E-state index in [1.54, 1.807) is 24.3 Å². The lowest BCUT2D eigenvalue weighted by molar-refractivity contribution is -0.113. The third-order valence-electron chi connectivity index (χ3n) is 2.86. The van der Waals surface area contributed by atoms with Gasteiger partial charge in [0.15, 0.2) is 5.58 Å². The van der Waals surface area contributed by atoms with E-state index >= 15 is 0 Å². The number of carbonyl (C=O) groups excluding carboxylic acids is 1. The van der Waals surface area contributed by atoms with Gasteiger partial charge in [-0.2, -0.15) is 0 Å². The Morgan fingerprint density at radius 1 is 1.35 bits per heavy atom. The van der Waals surface area contributed by atoms with Crippen LogP contribution in [0.25, 0.3) is 11.1 Å². The summed E-state index contributed by atoms with van der Waals surface area (Å²) in [6.45, 7) is 0. The van der Waals surface area contributed by atoms with Gasteiger partial charge < -0.3 is 9.73 Å². The first-order valence-corrected chi connectivity index (χ1v) is 8.61. The van der Waals surface area contributed by atoms with Gasteiger partial charge in [-0.3, -0.25) is 4.79 Å². The van der Waals surface area contributed by atoms with Crippen LogP contribution >= 0.6 is 39.3 Å². The van der Waals surface area contributed by atoms with E-state index in [1.807, 2.05) is 0 Å². The van der Waals surface area contributed by atoms with Crippen LogP contribution in [0.3, 0.4) is 0 Å². The lowest BCUT2D eigenvalue weighted by atomic mass is 10.3. The zero-order valence-corrected chi connectivity index (χ0v) is 14.6. The lowest BCUT2D eigenvalue weighted by Gasteiger charge is -2.05. The van der Waals surface area contributed by atoms with Crippen LogP contribution in [0.4, 0.5) is 10.1 Å². The maximum Gasteiger partial charge on any atom is 0.257 e. The predicted molar refractivity (Wildman–Crippen MR) is 92.5 cm³/mol. The average Bonchev–Trinajstić information content (AvgIpc) is 2.90. The molecule has 1 amide bonds. The Balaban J connectivity index is 1.63. The van der Waals surface area contributed by atoms with Crippen molar-refractivity contribution in [3.8, 4) is 0 Å². The maximum absolute atomic E-state index is 13.7. The van der Waals surface area contributed by atoms with E-state index in [-0.39, 0.29) is 17.3 Å². The van der Waals surface area contributed by atoms with Crippen molar-refractivity contribution < 1.29 is 13.6 Å². The van der Waals surface area contributed by atoms with Crippen LogP contribution in [0.15, 0.2) is 50.5 Å². The smallest absolute Gasteiger partial charge is 0.257 e. The van der Waals surface area contributed by atoms with Crippen LogP contribution in [0, 0.1) is 5.82 Å². The van der Waals surface area contributed by atoms with Gasteiger partial charge in [0, 0.05) is 9.50 Å². The minimum absolute atomic E-state index is 0.0516. The van der Waals surface area contributed by atoms with Crippen molar-refractivity contribution in [1.29, 1.82) is 0 Å². The number of aromatic nitrogens is 1. The quantitative estimate of drug-likeness (QED) is 0.601. The SMILES string of the molecule is O=C(CSc1nc2cc(Cl)ccc2o1)Nc1ccc(Br)cc1F. The fraction of sp³-hybridized carbons (Fsp3) is 0.0667. The van der Waals surface area contributed by atoms with Crippen molar-refractivity contribution in [2.75, 3.05) is 11.1 Å². The number of hydrogen-bond acceptors (Lipinski definition) is 4. The van der Waals surface area contributed by atoms with Crippen molar-refractivity contribution in [2.24, 2.45) is 0 Å². The Labute approximate surface area is 148 Å². The summed E-state index contributed by atoms with van der Waals surface area (Å²) in [5.74, 6) is -0.804. The highest BCUT2D eigenvalue weighted by Crippen LogP contribution is 2.26. The fourth-order valence-electron chi connectivity index (χ4n) is 1.85. The number of amides is 1. The number of rotatable bonds is 4. The van der Waals surface area contributed by atoms with Crippen molar-refractivity contribution in [2.45, 2.75) is 5.22 Å². The number of carbonyl (C=O) groups is 1. The second-order valence-electron chi connectivity index (χ2n) is 4.55. The maximum atomic E-state index is 13.7. The van der Waals surface area contributed by atoms with Crippen LogP contribution in [0.2, 0.25) is 5.02 Å². The van der Waals surface area contributed by atoms with Crippen LogP contribution in [-0.2, 0) is 4.79 Å². The van der Waals surface area contributed by atoms with Crippen molar-refractivity contribution in [3.05, 3.63) is 51.7 Å². The number of hydrogen-bond donors (Lipinski definition) is 1. The molecular formula is C15H9BrClFN2O2S. The van der Waals surface area contributed by atoms with Gasteiger partial charge in [0.1, 0.15) is 11.3 Å². The van der Waals surface area contributed by atoms with Crippen LogP contribution < -0.4 is 5.32 Å².